The summed E-state index contributed by atoms with van der Waals surface area (Å²) in [5, 5.41) is 6.76. The van der Waals surface area contributed by atoms with Crippen LogP contribution >= 0.6 is 0 Å². The van der Waals surface area contributed by atoms with Crippen molar-refractivity contribution in [2.45, 2.75) is 31.6 Å². The van der Waals surface area contributed by atoms with Crippen LogP contribution in [0.25, 0.3) is 16.7 Å². The first-order valence-corrected chi connectivity index (χ1v) is 10.1. The van der Waals surface area contributed by atoms with Gasteiger partial charge in [-0.05, 0) is 30.2 Å². The lowest BCUT2D eigenvalue weighted by Crippen LogP contribution is -2.24. The van der Waals surface area contributed by atoms with E-state index in [2.05, 4.69) is 21.2 Å². The fourth-order valence-electron chi connectivity index (χ4n) is 3.04. The second kappa shape index (κ2) is 12.7. The van der Waals surface area contributed by atoms with Gasteiger partial charge in [-0.2, -0.15) is 0 Å². The molecule has 5 N–H and O–H groups in total. The lowest BCUT2D eigenvalue weighted by Gasteiger charge is -2.15. The number of aromatic nitrogens is 3. The standard InChI is InChI=1S/C21H23F2N5O2.CH3NO/c22-21(23,8-10-25-15-29)7-4-16-12-17-6-11-28(20(17)26-14-16)18(13-24)2-1-3-19-5-9-27-30-19;2-1-3/h1-2,5-6,9,11-15H,3-4,7-8,10,24H2,(H,25,29);1H,(H2,2,3)/b2-1-,18-13+;. The SMILES string of the molecule is N/C=C(\C=C/Cc1ccno1)n1ccc2cc(CCC(F)(F)CCNC=O)cnc21.NC=O. The number of nitrogens with zero attached hydrogens (tertiary/aromatic N) is 3. The zero-order chi connectivity index (χ0) is 24.1. The Kier molecular flexibility index (Phi) is 9.75. The number of alkyl halides is 2. The predicted octanol–water partition coefficient (Wildman–Crippen LogP) is 2.39. The molecule has 0 spiro atoms. The summed E-state index contributed by atoms with van der Waals surface area (Å²) in [5.41, 5.74) is 12.1. The number of nitrogens with one attached hydrogen (secondary N) is 1. The molecule has 0 fully saturated rings. The molecule has 11 heteroatoms. The van der Waals surface area contributed by atoms with E-state index in [0.717, 1.165) is 22.4 Å². The molecule has 2 amide bonds. The van der Waals surface area contributed by atoms with Crippen molar-refractivity contribution in [3.63, 3.8) is 0 Å². The highest BCUT2D eigenvalue weighted by molar-refractivity contribution is 5.81. The number of amides is 2. The molecule has 0 aliphatic rings. The van der Waals surface area contributed by atoms with Gasteiger partial charge in [0.2, 0.25) is 18.7 Å². The number of nitrogens with two attached hydrogens (primary N) is 2. The van der Waals surface area contributed by atoms with Crippen LogP contribution in [0.5, 0.6) is 0 Å². The van der Waals surface area contributed by atoms with E-state index in [0.29, 0.717) is 18.5 Å². The van der Waals surface area contributed by atoms with Crippen molar-refractivity contribution >= 4 is 29.6 Å². The van der Waals surface area contributed by atoms with Crippen molar-refractivity contribution in [2.24, 2.45) is 11.5 Å². The Bertz CT molecular complexity index is 1080. The van der Waals surface area contributed by atoms with Gasteiger partial charge in [0, 0.05) is 55.9 Å². The molecule has 0 radical (unpaired) electrons. The molecule has 0 unspecified atom stereocenters. The second-order valence-electron chi connectivity index (χ2n) is 6.93. The Morgan fingerprint density at radius 2 is 2.03 bits per heavy atom. The van der Waals surface area contributed by atoms with Gasteiger partial charge in [0.15, 0.2) is 0 Å². The Hall–Kier alpha value is -4.02. The van der Waals surface area contributed by atoms with Gasteiger partial charge in [0.25, 0.3) is 0 Å². The number of hydrogen-bond acceptors (Lipinski definition) is 6. The van der Waals surface area contributed by atoms with Crippen LogP contribution in [0.15, 0.2) is 59.7 Å². The summed E-state index contributed by atoms with van der Waals surface area (Å²) in [4.78, 5) is 23.2. The molecule has 3 heterocycles. The van der Waals surface area contributed by atoms with Gasteiger partial charge < -0.3 is 21.3 Å². The van der Waals surface area contributed by atoms with Gasteiger partial charge in [-0.15, -0.1) is 0 Å². The molecular weight excluding hydrogens is 434 g/mol. The van der Waals surface area contributed by atoms with Crippen molar-refractivity contribution in [3.05, 3.63) is 66.5 Å². The number of rotatable bonds is 11. The van der Waals surface area contributed by atoms with E-state index in [1.165, 1.54) is 6.20 Å². The number of hydrogen-bond donors (Lipinski definition) is 3. The minimum Gasteiger partial charge on any atom is -0.403 e. The summed E-state index contributed by atoms with van der Waals surface area (Å²) < 4.78 is 34.7. The highest BCUT2D eigenvalue weighted by atomic mass is 19.3. The Morgan fingerprint density at radius 3 is 2.70 bits per heavy atom. The zero-order valence-electron chi connectivity index (χ0n) is 17.9. The molecule has 0 aromatic carbocycles. The van der Waals surface area contributed by atoms with Gasteiger partial charge in [-0.1, -0.05) is 11.2 Å². The quantitative estimate of drug-likeness (QED) is 0.228. The number of halogens is 2. The minimum absolute atomic E-state index is 0.0468. The predicted molar refractivity (Wildman–Crippen MR) is 120 cm³/mol. The Balaban J connectivity index is 0.00000122. The monoisotopic (exact) mass is 460 g/mol. The van der Waals surface area contributed by atoms with Crippen molar-refractivity contribution in [2.75, 3.05) is 6.54 Å². The average Bonchev–Trinajstić information content (AvgIpc) is 3.46. The Morgan fingerprint density at radius 1 is 1.24 bits per heavy atom. The summed E-state index contributed by atoms with van der Waals surface area (Å²) in [7, 11) is 0. The van der Waals surface area contributed by atoms with Gasteiger partial charge in [-0.25, -0.2) is 13.8 Å². The Labute approximate surface area is 189 Å². The first kappa shape index (κ1) is 25.2. The maximum absolute atomic E-state index is 13.9. The third kappa shape index (κ3) is 7.87. The maximum Gasteiger partial charge on any atom is 0.250 e. The highest BCUT2D eigenvalue weighted by Crippen LogP contribution is 2.26. The molecule has 3 rings (SSSR count). The fraction of sp³-hybridized carbons (Fsp3) is 0.273. The van der Waals surface area contributed by atoms with Crippen molar-refractivity contribution < 1.29 is 22.9 Å². The van der Waals surface area contributed by atoms with Crippen LogP contribution in [0.1, 0.15) is 24.2 Å². The molecule has 33 heavy (non-hydrogen) atoms. The molecule has 9 nitrogen and oxygen atoms in total. The molecule has 0 aliphatic heterocycles. The van der Waals surface area contributed by atoms with E-state index in [4.69, 9.17) is 15.1 Å². The van der Waals surface area contributed by atoms with Crippen LogP contribution in [0, 0.1) is 0 Å². The largest absolute Gasteiger partial charge is 0.403 e. The van der Waals surface area contributed by atoms with Gasteiger partial charge >= 0.3 is 0 Å². The summed E-state index contributed by atoms with van der Waals surface area (Å²) in [6.45, 7) is -0.0468. The topological polar surface area (TPSA) is 142 Å². The first-order chi connectivity index (χ1) is 15.9. The molecular formula is C22H26F2N6O3. The van der Waals surface area contributed by atoms with Crippen molar-refractivity contribution in [1.82, 2.24) is 20.0 Å². The van der Waals surface area contributed by atoms with Gasteiger partial charge in [0.1, 0.15) is 11.4 Å². The van der Waals surface area contributed by atoms with E-state index in [-0.39, 0.29) is 32.2 Å². The third-order valence-electron chi connectivity index (χ3n) is 4.63. The molecule has 3 aromatic rings. The minimum atomic E-state index is -2.85. The van der Waals surface area contributed by atoms with Crippen LogP contribution in [-0.2, 0) is 22.4 Å². The number of carbonyl (C=O) groups excluding carboxylic acids is 2. The second-order valence-corrected chi connectivity index (χ2v) is 6.93. The summed E-state index contributed by atoms with van der Waals surface area (Å²) in [6, 6.07) is 5.50. The summed E-state index contributed by atoms with van der Waals surface area (Å²) in [6.07, 6.45) is 11.0. The lowest BCUT2D eigenvalue weighted by atomic mass is 10.0. The summed E-state index contributed by atoms with van der Waals surface area (Å²) >= 11 is 0. The van der Waals surface area contributed by atoms with Gasteiger partial charge in [0.05, 0.1) is 11.9 Å². The van der Waals surface area contributed by atoms with Crippen LogP contribution in [0.4, 0.5) is 8.78 Å². The van der Waals surface area contributed by atoms with E-state index >= 15 is 0 Å². The molecule has 0 aliphatic carbocycles. The normalized spacial score (nSPS) is 11.9. The van der Waals surface area contributed by atoms with Crippen LogP contribution in [-0.4, -0.2) is 40.0 Å². The summed E-state index contributed by atoms with van der Waals surface area (Å²) in [5.74, 6) is -2.11. The molecule has 0 atom stereocenters. The van der Waals surface area contributed by atoms with Crippen molar-refractivity contribution in [1.29, 1.82) is 0 Å². The number of aryl methyl sites for hydroxylation is 1. The zero-order valence-corrected chi connectivity index (χ0v) is 17.9. The smallest absolute Gasteiger partial charge is 0.250 e. The molecule has 3 aromatic heterocycles. The average molecular weight is 460 g/mol. The number of fused-ring (bicyclic) bond motifs is 1. The van der Waals surface area contributed by atoms with Crippen LogP contribution < -0.4 is 16.8 Å². The van der Waals surface area contributed by atoms with Crippen LogP contribution in [0.3, 0.4) is 0 Å². The van der Waals surface area contributed by atoms with E-state index in [1.54, 1.807) is 18.5 Å². The van der Waals surface area contributed by atoms with Crippen LogP contribution in [0.2, 0.25) is 0 Å². The first-order valence-electron chi connectivity index (χ1n) is 10.1. The van der Waals surface area contributed by atoms with E-state index in [1.807, 2.05) is 35.0 Å². The van der Waals surface area contributed by atoms with E-state index in [9.17, 15) is 13.6 Å². The molecule has 0 saturated carbocycles. The number of pyridine rings is 1. The molecule has 0 saturated heterocycles. The van der Waals surface area contributed by atoms with Crippen molar-refractivity contribution in [3.8, 4) is 0 Å². The number of allylic oxidation sites excluding steroid dienone is 3. The van der Waals surface area contributed by atoms with Gasteiger partial charge in [-0.3, -0.25) is 14.2 Å². The fourth-order valence-corrected chi connectivity index (χ4v) is 3.04. The van der Waals surface area contributed by atoms with E-state index < -0.39 is 5.92 Å². The molecule has 0 bridgehead atoms. The number of carbonyl (C=O) groups is 2. The maximum atomic E-state index is 13.9. The lowest BCUT2D eigenvalue weighted by molar-refractivity contribution is -0.110. The number of primary amides is 1. The third-order valence-corrected chi connectivity index (χ3v) is 4.63. The molecule has 176 valence electrons. The highest BCUT2D eigenvalue weighted by Gasteiger charge is 2.27.